The number of alkyl halides is 3. The molecule has 0 amide bonds. The van der Waals surface area contributed by atoms with Crippen LogP contribution in [0.4, 0.5) is 18.9 Å². The summed E-state index contributed by atoms with van der Waals surface area (Å²) in [4.78, 5) is 0. The summed E-state index contributed by atoms with van der Waals surface area (Å²) in [7, 11) is 0. The number of fused-ring (bicyclic) bond motifs is 1. The van der Waals surface area contributed by atoms with Crippen LogP contribution < -0.4 is 4.74 Å². The highest BCUT2D eigenvalue weighted by Gasteiger charge is 2.39. The third-order valence-corrected chi connectivity index (χ3v) is 3.70. The highest BCUT2D eigenvalue weighted by atomic mass is 19.4. The molecule has 0 atom stereocenters. The van der Waals surface area contributed by atoms with Crippen LogP contribution in [0.1, 0.15) is 52.7 Å². The van der Waals surface area contributed by atoms with E-state index in [1.807, 2.05) is 20.8 Å². The molecule has 0 unspecified atom stereocenters. The lowest BCUT2D eigenvalue weighted by Crippen LogP contribution is -2.19. The van der Waals surface area contributed by atoms with Crippen molar-refractivity contribution >= 4 is 11.9 Å². The summed E-state index contributed by atoms with van der Waals surface area (Å²) in [6.45, 7) is 12.2. The Kier molecular flexibility index (Phi) is 3.83. The number of nitrogens with zero attached hydrogens (tertiary/aromatic N) is 1. The normalized spacial score (nSPS) is 17.6. The Labute approximate surface area is 129 Å². The van der Waals surface area contributed by atoms with E-state index < -0.39 is 6.18 Å². The minimum absolute atomic E-state index is 0.106. The lowest BCUT2D eigenvalue weighted by Gasteiger charge is -2.25. The van der Waals surface area contributed by atoms with E-state index >= 15 is 0 Å². The molecule has 1 aliphatic heterocycles. The molecule has 0 saturated heterocycles. The number of hydrogen-bond donors (Lipinski definition) is 0. The van der Waals surface area contributed by atoms with Gasteiger partial charge in [-0.05, 0) is 16.4 Å². The predicted octanol–water partition coefficient (Wildman–Crippen LogP) is 4.91. The first-order valence-electron chi connectivity index (χ1n) is 7.30. The van der Waals surface area contributed by atoms with Gasteiger partial charge in [0.25, 0.3) is 18.6 Å². The average molecular weight is 314 g/mol. The van der Waals surface area contributed by atoms with Crippen molar-refractivity contribution in [3.8, 4) is 5.75 Å². The van der Waals surface area contributed by atoms with Crippen LogP contribution in [0, 0.1) is 0 Å². The smallest absolute Gasteiger partial charge is 0.429 e. The fourth-order valence-corrected chi connectivity index (χ4v) is 2.46. The first-order chi connectivity index (χ1) is 9.79. The van der Waals surface area contributed by atoms with E-state index in [0.717, 1.165) is 15.7 Å². The molecule has 0 fully saturated rings. The Morgan fingerprint density at radius 3 is 2.05 bits per heavy atom. The molecule has 0 radical (unpaired) electrons. The van der Waals surface area contributed by atoms with E-state index in [1.165, 1.54) is 0 Å². The lowest BCUT2D eigenvalue weighted by atomic mass is 9.80. The van der Waals surface area contributed by atoms with E-state index in [0.29, 0.717) is 11.4 Å². The summed E-state index contributed by atoms with van der Waals surface area (Å²) >= 11 is 0. The molecule has 0 aromatic heterocycles. The Bertz CT molecular complexity index is 617. The topological polar surface area (TPSA) is 12.2 Å². The van der Waals surface area contributed by atoms with Gasteiger partial charge in [0.05, 0.1) is 0 Å². The zero-order chi connectivity index (χ0) is 16.9. The molecule has 2 nitrogen and oxygen atoms in total. The van der Waals surface area contributed by atoms with Crippen LogP contribution in [0.2, 0.25) is 0 Å². The molecule has 1 heterocycles. The van der Waals surface area contributed by atoms with Gasteiger partial charge in [-0.2, -0.15) is 17.7 Å². The summed E-state index contributed by atoms with van der Waals surface area (Å²) < 4.78 is 44.9. The predicted molar refractivity (Wildman–Crippen MR) is 81.4 cm³/mol. The molecule has 22 heavy (non-hydrogen) atoms. The monoisotopic (exact) mass is 314 g/mol. The molecule has 0 N–H and O–H groups in total. The largest absolute Gasteiger partial charge is 0.469 e. The van der Waals surface area contributed by atoms with E-state index in [4.69, 9.17) is 4.74 Å². The van der Waals surface area contributed by atoms with E-state index in [9.17, 15) is 13.2 Å². The fraction of sp³-hybridized carbons (Fsp3) is 0.588. The second-order valence-corrected chi connectivity index (χ2v) is 7.79. The number of halogens is 3. The zero-order valence-corrected chi connectivity index (χ0v) is 13.9. The van der Waals surface area contributed by atoms with Crippen molar-refractivity contribution in [1.29, 1.82) is 0 Å². The van der Waals surface area contributed by atoms with Crippen LogP contribution in [0.5, 0.6) is 5.75 Å². The lowest BCUT2D eigenvalue weighted by molar-refractivity contribution is -0.460. The summed E-state index contributed by atoms with van der Waals surface area (Å²) in [5.41, 5.74) is 2.08. The first kappa shape index (κ1) is 16.8. The number of rotatable bonds is 0. The number of hydrogen-bond acceptors (Lipinski definition) is 1. The van der Waals surface area contributed by atoms with Crippen LogP contribution >= 0.6 is 0 Å². The Morgan fingerprint density at radius 1 is 1.00 bits per heavy atom. The first-order valence-corrected chi connectivity index (χ1v) is 7.30. The molecule has 1 aromatic carbocycles. The molecule has 2 rings (SSSR count). The van der Waals surface area contributed by atoms with Crippen molar-refractivity contribution in [3.05, 3.63) is 23.3 Å². The summed E-state index contributed by atoms with van der Waals surface area (Å²) in [5.74, 6) is 0.556. The van der Waals surface area contributed by atoms with Gasteiger partial charge in [0.1, 0.15) is 0 Å². The molecule has 0 spiro atoms. The Balaban J connectivity index is 2.70. The minimum atomic E-state index is -4.37. The van der Waals surface area contributed by atoms with Crippen molar-refractivity contribution in [2.75, 3.05) is 6.73 Å². The zero-order valence-electron chi connectivity index (χ0n) is 13.9. The van der Waals surface area contributed by atoms with Crippen molar-refractivity contribution in [2.24, 2.45) is 0 Å². The van der Waals surface area contributed by atoms with Crippen molar-refractivity contribution < 1.29 is 22.5 Å². The molecule has 1 aliphatic rings. The highest BCUT2D eigenvalue weighted by Crippen LogP contribution is 2.44. The van der Waals surface area contributed by atoms with Gasteiger partial charge in [0, 0.05) is 11.6 Å². The SMILES string of the molecule is CC(C)(C)c1cc2c(c(C(C)(C)C)c1)OC/[N+]2=C/C(F)(F)F. The molecule has 122 valence electrons. The summed E-state index contributed by atoms with van der Waals surface area (Å²) in [6.07, 6.45) is -4.09. The molecule has 0 saturated carbocycles. The van der Waals surface area contributed by atoms with Gasteiger partial charge in [-0.3, -0.25) is 0 Å². The van der Waals surface area contributed by atoms with Gasteiger partial charge in [-0.15, -0.1) is 0 Å². The molecule has 0 aliphatic carbocycles. The van der Waals surface area contributed by atoms with Gasteiger partial charge in [-0.1, -0.05) is 47.6 Å². The van der Waals surface area contributed by atoms with Crippen molar-refractivity contribution in [1.82, 2.24) is 0 Å². The molecule has 1 aromatic rings. The van der Waals surface area contributed by atoms with Gasteiger partial charge in [0.2, 0.25) is 5.75 Å². The van der Waals surface area contributed by atoms with Crippen LogP contribution in [-0.4, -0.2) is 23.7 Å². The second-order valence-electron chi connectivity index (χ2n) is 7.79. The van der Waals surface area contributed by atoms with Crippen molar-refractivity contribution in [3.63, 3.8) is 0 Å². The van der Waals surface area contributed by atoms with Gasteiger partial charge in [-0.25, -0.2) is 0 Å². The number of benzene rings is 1. The second kappa shape index (κ2) is 5.00. The maximum atomic E-state index is 12.7. The standard InChI is InChI=1S/C17H23F3NO/c1-15(2,3)11-7-12(16(4,5)6)14-13(8-11)21(10-22-14)9-17(18,19)20/h7-9H,10H2,1-6H3/q+1/b21-9-. The third kappa shape index (κ3) is 3.45. The molecule has 0 bridgehead atoms. The Morgan fingerprint density at radius 2 is 1.59 bits per heavy atom. The maximum absolute atomic E-state index is 12.7. The van der Waals surface area contributed by atoms with Crippen LogP contribution in [0.25, 0.3) is 0 Å². The van der Waals surface area contributed by atoms with Gasteiger partial charge >= 0.3 is 6.18 Å². The molecular weight excluding hydrogens is 291 g/mol. The van der Waals surface area contributed by atoms with E-state index in [2.05, 4.69) is 26.8 Å². The molecule has 5 heteroatoms. The van der Waals surface area contributed by atoms with E-state index in [1.54, 1.807) is 6.07 Å². The Hall–Kier alpha value is -1.52. The highest BCUT2D eigenvalue weighted by molar-refractivity contribution is 5.65. The quantitative estimate of drug-likeness (QED) is 0.620. The maximum Gasteiger partial charge on any atom is 0.469 e. The third-order valence-electron chi connectivity index (χ3n) is 3.70. The summed E-state index contributed by atoms with van der Waals surface area (Å²) in [5, 5.41) is 0. The van der Waals surface area contributed by atoms with Crippen molar-refractivity contribution in [2.45, 2.75) is 58.5 Å². The van der Waals surface area contributed by atoms with Gasteiger partial charge in [0.15, 0.2) is 0 Å². The van der Waals surface area contributed by atoms with Gasteiger partial charge < -0.3 is 4.74 Å². The summed E-state index contributed by atoms with van der Waals surface area (Å²) in [6, 6.07) is 3.86. The van der Waals surface area contributed by atoms with Crippen LogP contribution in [0.3, 0.4) is 0 Å². The van der Waals surface area contributed by atoms with E-state index in [-0.39, 0.29) is 23.8 Å². The van der Waals surface area contributed by atoms with Crippen LogP contribution in [0.15, 0.2) is 12.1 Å². The minimum Gasteiger partial charge on any atom is -0.429 e. The number of ether oxygens (including phenoxy) is 1. The molecular formula is C17H23F3NO+. The van der Waals surface area contributed by atoms with Crippen LogP contribution in [-0.2, 0) is 10.8 Å². The fourth-order valence-electron chi connectivity index (χ4n) is 2.46. The average Bonchev–Trinajstić information content (AvgIpc) is 2.66.